The molecule has 11 nitrogen and oxygen atoms in total. The fourth-order valence-corrected chi connectivity index (χ4v) is 4.07. The second-order valence-electron chi connectivity index (χ2n) is 7.82. The Bertz CT molecular complexity index is 1040. The van der Waals surface area contributed by atoms with Gasteiger partial charge in [-0.25, -0.2) is 14.5 Å². The number of nitrogens with zero attached hydrogens (tertiary/aromatic N) is 4. The van der Waals surface area contributed by atoms with E-state index in [1.165, 1.54) is 14.2 Å². The summed E-state index contributed by atoms with van der Waals surface area (Å²) in [6, 6.07) is 0.210. The Balaban J connectivity index is 1.72. The molecule has 2 aliphatic heterocycles. The van der Waals surface area contributed by atoms with Crippen molar-refractivity contribution in [3.63, 3.8) is 0 Å². The van der Waals surface area contributed by atoms with Gasteiger partial charge >= 0.3 is 11.9 Å². The second-order valence-corrected chi connectivity index (χ2v) is 7.82. The van der Waals surface area contributed by atoms with Gasteiger partial charge in [0.25, 0.3) is 0 Å². The van der Waals surface area contributed by atoms with Gasteiger partial charge in [0, 0.05) is 44.0 Å². The van der Waals surface area contributed by atoms with Crippen molar-refractivity contribution in [2.75, 3.05) is 32.8 Å². The zero-order valence-corrected chi connectivity index (χ0v) is 18.4. The minimum atomic E-state index is -1.57. The third kappa shape index (κ3) is 3.99. The van der Waals surface area contributed by atoms with Gasteiger partial charge < -0.3 is 24.4 Å². The first-order chi connectivity index (χ1) is 15.5. The van der Waals surface area contributed by atoms with Crippen molar-refractivity contribution in [2.24, 2.45) is 5.16 Å². The number of esters is 2. The summed E-state index contributed by atoms with van der Waals surface area (Å²) in [5.41, 5.74) is 1.18. The summed E-state index contributed by atoms with van der Waals surface area (Å²) >= 11 is 0. The van der Waals surface area contributed by atoms with E-state index in [-0.39, 0.29) is 18.9 Å². The lowest BCUT2D eigenvalue weighted by Crippen LogP contribution is -2.42. The molecule has 0 bridgehead atoms. The Labute approximate surface area is 185 Å². The molecule has 0 spiro atoms. The van der Waals surface area contributed by atoms with Crippen molar-refractivity contribution in [2.45, 2.75) is 50.8 Å². The summed E-state index contributed by atoms with van der Waals surface area (Å²) in [5.74, 6) is -1.28. The standard InChI is InChI=1S/C21H27N5O6/c1-4-26-19-15(12-23-26)18(24-13-5-7-31-8-6-13)14(11-22-19)16-9-21(32-25-16,20(28)30-3)10-17(27)29-2/h11-13H,4-10H2,1-3H3,(H,22,24). The molecule has 0 amide bonds. The fourth-order valence-electron chi connectivity index (χ4n) is 4.07. The molecule has 1 fully saturated rings. The van der Waals surface area contributed by atoms with Gasteiger partial charge in [-0.2, -0.15) is 5.10 Å². The van der Waals surface area contributed by atoms with Crippen LogP contribution in [-0.2, 0) is 35.2 Å². The van der Waals surface area contributed by atoms with Crippen LogP contribution in [0.15, 0.2) is 17.5 Å². The first-order valence-electron chi connectivity index (χ1n) is 10.6. The van der Waals surface area contributed by atoms with E-state index in [4.69, 9.17) is 19.0 Å². The molecule has 32 heavy (non-hydrogen) atoms. The van der Waals surface area contributed by atoms with Crippen molar-refractivity contribution < 1.29 is 28.6 Å². The van der Waals surface area contributed by atoms with E-state index in [1.54, 1.807) is 12.4 Å². The van der Waals surface area contributed by atoms with E-state index in [0.717, 1.165) is 29.6 Å². The normalized spacial score (nSPS) is 21.2. The monoisotopic (exact) mass is 445 g/mol. The number of carbonyl (C=O) groups is 2. The number of hydrogen-bond donors (Lipinski definition) is 1. The molecule has 1 N–H and O–H groups in total. The number of aryl methyl sites for hydroxylation is 1. The number of pyridine rings is 1. The first kappa shape index (κ1) is 22.0. The lowest BCUT2D eigenvalue weighted by atomic mass is 9.90. The number of carbonyl (C=O) groups excluding carboxylic acids is 2. The third-order valence-electron chi connectivity index (χ3n) is 5.84. The number of methoxy groups -OCH3 is 2. The molecule has 1 atom stereocenters. The van der Waals surface area contributed by atoms with Gasteiger partial charge in [-0.15, -0.1) is 0 Å². The average molecular weight is 445 g/mol. The highest BCUT2D eigenvalue weighted by Crippen LogP contribution is 2.36. The van der Waals surface area contributed by atoms with Crippen LogP contribution in [0.4, 0.5) is 5.69 Å². The number of anilines is 1. The van der Waals surface area contributed by atoms with Gasteiger partial charge in [-0.3, -0.25) is 4.79 Å². The molecule has 1 unspecified atom stereocenters. The predicted octanol–water partition coefficient (Wildman–Crippen LogP) is 1.64. The van der Waals surface area contributed by atoms with Crippen LogP contribution >= 0.6 is 0 Å². The second kappa shape index (κ2) is 9.11. The van der Waals surface area contributed by atoms with Crippen molar-refractivity contribution in [1.82, 2.24) is 14.8 Å². The summed E-state index contributed by atoms with van der Waals surface area (Å²) in [5, 5.41) is 13.1. The first-order valence-corrected chi connectivity index (χ1v) is 10.6. The predicted molar refractivity (Wildman–Crippen MR) is 114 cm³/mol. The molecular weight excluding hydrogens is 418 g/mol. The summed E-state index contributed by atoms with van der Waals surface area (Å²) in [6.07, 6.45) is 4.94. The van der Waals surface area contributed by atoms with E-state index in [0.29, 0.717) is 31.0 Å². The van der Waals surface area contributed by atoms with E-state index >= 15 is 0 Å². The Morgan fingerprint density at radius 2 is 2.03 bits per heavy atom. The van der Waals surface area contributed by atoms with Crippen LogP contribution in [0.2, 0.25) is 0 Å². The molecular formula is C21H27N5O6. The zero-order valence-electron chi connectivity index (χ0n) is 18.4. The zero-order chi connectivity index (χ0) is 22.7. The van der Waals surface area contributed by atoms with E-state index in [1.807, 2.05) is 11.6 Å². The van der Waals surface area contributed by atoms with Crippen LogP contribution < -0.4 is 5.32 Å². The number of ether oxygens (including phenoxy) is 3. The lowest BCUT2D eigenvalue weighted by molar-refractivity contribution is -0.173. The van der Waals surface area contributed by atoms with Crippen molar-refractivity contribution in [3.8, 4) is 0 Å². The summed E-state index contributed by atoms with van der Waals surface area (Å²) in [4.78, 5) is 34.6. The highest BCUT2D eigenvalue weighted by atomic mass is 16.7. The number of oxime groups is 1. The largest absolute Gasteiger partial charge is 0.469 e. The number of fused-ring (bicyclic) bond motifs is 1. The molecule has 0 aliphatic carbocycles. The molecule has 0 aromatic carbocycles. The van der Waals surface area contributed by atoms with Crippen LogP contribution in [-0.4, -0.2) is 71.5 Å². The van der Waals surface area contributed by atoms with Gasteiger partial charge in [-0.05, 0) is 19.8 Å². The molecule has 0 saturated carbocycles. The molecule has 2 aromatic heterocycles. The summed E-state index contributed by atoms with van der Waals surface area (Å²) < 4.78 is 16.9. The molecule has 172 valence electrons. The van der Waals surface area contributed by atoms with Crippen molar-refractivity contribution in [3.05, 3.63) is 18.0 Å². The average Bonchev–Trinajstić information content (AvgIpc) is 3.44. The van der Waals surface area contributed by atoms with Gasteiger partial charge in [0.15, 0.2) is 5.65 Å². The van der Waals surface area contributed by atoms with Crippen LogP contribution in [0.25, 0.3) is 11.0 Å². The molecule has 2 aliphatic rings. The van der Waals surface area contributed by atoms with Gasteiger partial charge in [0.1, 0.15) is 0 Å². The Hall–Kier alpha value is -3.21. The van der Waals surface area contributed by atoms with Gasteiger partial charge in [-0.1, -0.05) is 5.16 Å². The minimum Gasteiger partial charge on any atom is -0.469 e. The molecule has 4 rings (SSSR count). The van der Waals surface area contributed by atoms with E-state index < -0.39 is 17.5 Å². The van der Waals surface area contributed by atoms with Crippen LogP contribution in [0.3, 0.4) is 0 Å². The Morgan fingerprint density at radius 1 is 1.25 bits per heavy atom. The van der Waals surface area contributed by atoms with Crippen LogP contribution in [0.5, 0.6) is 0 Å². The Kier molecular flexibility index (Phi) is 6.26. The maximum absolute atomic E-state index is 12.5. The highest BCUT2D eigenvalue weighted by molar-refractivity contribution is 6.12. The highest BCUT2D eigenvalue weighted by Gasteiger charge is 2.50. The SMILES string of the molecule is CCn1ncc2c(NC3CCOCC3)c(C3=NOC(CC(=O)OC)(C(=O)OC)C3)cnc21. The fraction of sp³-hybridized carbons (Fsp3) is 0.571. The van der Waals surface area contributed by atoms with Gasteiger partial charge in [0.2, 0.25) is 5.60 Å². The number of nitrogens with one attached hydrogen (secondary N) is 1. The lowest BCUT2D eigenvalue weighted by Gasteiger charge is -2.26. The summed E-state index contributed by atoms with van der Waals surface area (Å²) in [7, 11) is 2.50. The molecule has 4 heterocycles. The smallest absolute Gasteiger partial charge is 0.354 e. The van der Waals surface area contributed by atoms with E-state index in [9.17, 15) is 9.59 Å². The maximum Gasteiger partial charge on any atom is 0.354 e. The quantitative estimate of drug-likeness (QED) is 0.633. The summed E-state index contributed by atoms with van der Waals surface area (Å²) in [6.45, 7) is 4.05. The van der Waals surface area contributed by atoms with Crippen LogP contribution in [0.1, 0.15) is 38.2 Å². The minimum absolute atomic E-state index is 0.0479. The van der Waals surface area contributed by atoms with Gasteiger partial charge in [0.05, 0.1) is 43.6 Å². The van der Waals surface area contributed by atoms with Crippen molar-refractivity contribution in [1.29, 1.82) is 0 Å². The number of rotatable bonds is 7. The van der Waals surface area contributed by atoms with E-state index in [2.05, 4.69) is 20.6 Å². The third-order valence-corrected chi connectivity index (χ3v) is 5.84. The number of hydrogen-bond acceptors (Lipinski definition) is 10. The molecule has 11 heteroatoms. The number of aromatic nitrogens is 3. The van der Waals surface area contributed by atoms with Crippen molar-refractivity contribution >= 4 is 34.4 Å². The van der Waals surface area contributed by atoms with Crippen LogP contribution in [0, 0.1) is 0 Å². The topological polar surface area (TPSA) is 126 Å². The molecule has 2 aromatic rings. The Morgan fingerprint density at radius 3 is 2.72 bits per heavy atom. The molecule has 0 radical (unpaired) electrons. The maximum atomic E-state index is 12.5. The molecule has 1 saturated heterocycles.